The van der Waals surface area contributed by atoms with Crippen LogP contribution in [0.3, 0.4) is 0 Å². The zero-order valence-electron chi connectivity index (χ0n) is 12.1. The molecule has 1 unspecified atom stereocenters. The number of carbonyl (C=O) groups excluding carboxylic acids is 1. The van der Waals surface area contributed by atoms with Gasteiger partial charge < -0.3 is 14.8 Å². The van der Waals surface area contributed by atoms with Crippen molar-refractivity contribution in [3.05, 3.63) is 66.2 Å². The summed E-state index contributed by atoms with van der Waals surface area (Å²) in [6.45, 7) is 1.65. The maximum absolute atomic E-state index is 12.4. The van der Waals surface area contributed by atoms with E-state index in [1.807, 2.05) is 24.3 Å². The maximum atomic E-state index is 12.4. The van der Waals surface area contributed by atoms with Crippen LogP contribution < -0.4 is 5.32 Å². The number of nitrogens with zero attached hydrogens (tertiary/aromatic N) is 1. The van der Waals surface area contributed by atoms with Crippen LogP contribution in [-0.2, 0) is 5.60 Å². The van der Waals surface area contributed by atoms with Crippen molar-refractivity contribution in [3.63, 3.8) is 0 Å². The SMILES string of the molecule is CC(O)(CNC(=O)c1ccnc2ccccc12)c1ccco1. The van der Waals surface area contributed by atoms with E-state index in [1.54, 1.807) is 31.3 Å². The van der Waals surface area contributed by atoms with Crippen LogP contribution in [0.4, 0.5) is 0 Å². The number of carbonyl (C=O) groups is 1. The Labute approximate surface area is 127 Å². The molecule has 2 N–H and O–H groups in total. The van der Waals surface area contributed by atoms with Crippen molar-refractivity contribution in [2.45, 2.75) is 12.5 Å². The number of rotatable bonds is 4. The van der Waals surface area contributed by atoms with Gasteiger partial charge in [0, 0.05) is 11.6 Å². The molecular formula is C17H16N2O3. The average Bonchev–Trinajstić information content (AvgIpc) is 3.07. The molecule has 5 heteroatoms. The molecule has 0 aliphatic rings. The van der Waals surface area contributed by atoms with Gasteiger partial charge in [-0.3, -0.25) is 9.78 Å². The lowest BCUT2D eigenvalue weighted by Crippen LogP contribution is -2.38. The van der Waals surface area contributed by atoms with Crippen molar-refractivity contribution in [2.75, 3.05) is 6.54 Å². The molecule has 0 bridgehead atoms. The quantitative estimate of drug-likeness (QED) is 0.775. The molecule has 0 aliphatic carbocycles. The van der Waals surface area contributed by atoms with Gasteiger partial charge in [-0.05, 0) is 31.2 Å². The van der Waals surface area contributed by atoms with E-state index in [2.05, 4.69) is 10.3 Å². The van der Waals surface area contributed by atoms with Crippen LogP contribution in [0, 0.1) is 0 Å². The highest BCUT2D eigenvalue weighted by molar-refractivity contribution is 6.05. The molecule has 1 amide bonds. The van der Waals surface area contributed by atoms with Crippen LogP contribution in [-0.4, -0.2) is 22.5 Å². The van der Waals surface area contributed by atoms with Gasteiger partial charge in [-0.15, -0.1) is 0 Å². The standard InChI is InChI=1S/C17H16N2O3/c1-17(21,15-7-4-10-22-15)11-19-16(20)13-8-9-18-14-6-3-2-5-12(13)14/h2-10,21H,11H2,1H3,(H,19,20). The lowest BCUT2D eigenvalue weighted by molar-refractivity contribution is 0.0330. The Morgan fingerprint density at radius 2 is 2.09 bits per heavy atom. The van der Waals surface area contributed by atoms with Gasteiger partial charge in [0.15, 0.2) is 0 Å². The molecule has 3 rings (SSSR count). The summed E-state index contributed by atoms with van der Waals surface area (Å²) in [6.07, 6.45) is 3.09. The van der Waals surface area contributed by atoms with Gasteiger partial charge in [-0.2, -0.15) is 0 Å². The number of amides is 1. The number of aliphatic hydroxyl groups is 1. The van der Waals surface area contributed by atoms with Gasteiger partial charge in [-0.25, -0.2) is 0 Å². The number of furan rings is 1. The molecular weight excluding hydrogens is 280 g/mol. The molecule has 3 aromatic rings. The number of para-hydroxylation sites is 1. The van der Waals surface area contributed by atoms with E-state index < -0.39 is 5.60 Å². The summed E-state index contributed by atoms with van der Waals surface area (Å²) in [5.74, 6) is 0.151. The first kappa shape index (κ1) is 14.3. The Morgan fingerprint density at radius 3 is 2.86 bits per heavy atom. The summed E-state index contributed by atoms with van der Waals surface area (Å²) in [5, 5.41) is 13.9. The van der Waals surface area contributed by atoms with Gasteiger partial charge in [0.05, 0.1) is 23.9 Å². The van der Waals surface area contributed by atoms with Gasteiger partial charge in [-0.1, -0.05) is 18.2 Å². The Morgan fingerprint density at radius 1 is 1.27 bits per heavy atom. The van der Waals surface area contributed by atoms with Crippen molar-refractivity contribution in [2.24, 2.45) is 0 Å². The molecule has 5 nitrogen and oxygen atoms in total. The lowest BCUT2D eigenvalue weighted by atomic mass is 10.0. The molecule has 22 heavy (non-hydrogen) atoms. The van der Waals surface area contributed by atoms with Gasteiger partial charge in [0.2, 0.25) is 0 Å². The van der Waals surface area contributed by atoms with E-state index >= 15 is 0 Å². The Kier molecular flexibility index (Phi) is 3.65. The Bertz CT molecular complexity index is 789. The zero-order valence-corrected chi connectivity index (χ0v) is 12.1. The largest absolute Gasteiger partial charge is 0.466 e. The summed E-state index contributed by atoms with van der Waals surface area (Å²) in [4.78, 5) is 16.6. The van der Waals surface area contributed by atoms with Gasteiger partial charge in [0.1, 0.15) is 11.4 Å². The van der Waals surface area contributed by atoms with E-state index in [9.17, 15) is 9.90 Å². The fourth-order valence-corrected chi connectivity index (χ4v) is 2.31. The van der Waals surface area contributed by atoms with Crippen molar-refractivity contribution in [1.82, 2.24) is 10.3 Å². The first-order valence-electron chi connectivity index (χ1n) is 6.96. The molecule has 0 radical (unpaired) electrons. The third kappa shape index (κ3) is 2.71. The fraction of sp³-hybridized carbons (Fsp3) is 0.176. The Balaban J connectivity index is 1.80. The predicted octanol–water partition coefficient (Wildman–Crippen LogP) is 2.47. The van der Waals surface area contributed by atoms with E-state index in [0.29, 0.717) is 11.3 Å². The summed E-state index contributed by atoms with van der Waals surface area (Å²) in [6, 6.07) is 12.5. The molecule has 0 spiro atoms. The molecule has 2 aromatic heterocycles. The lowest BCUT2D eigenvalue weighted by Gasteiger charge is -2.21. The highest BCUT2D eigenvalue weighted by atomic mass is 16.4. The van der Waals surface area contributed by atoms with E-state index in [4.69, 9.17) is 4.42 Å². The number of hydrogen-bond acceptors (Lipinski definition) is 4. The van der Waals surface area contributed by atoms with Crippen molar-refractivity contribution in [3.8, 4) is 0 Å². The predicted molar refractivity (Wildman–Crippen MR) is 82.4 cm³/mol. The molecule has 112 valence electrons. The van der Waals surface area contributed by atoms with Gasteiger partial charge in [0.25, 0.3) is 5.91 Å². The van der Waals surface area contributed by atoms with Crippen molar-refractivity contribution < 1.29 is 14.3 Å². The minimum Gasteiger partial charge on any atom is -0.466 e. The normalized spacial score (nSPS) is 13.7. The number of aromatic nitrogens is 1. The minimum absolute atomic E-state index is 0.0516. The molecule has 1 atom stereocenters. The highest BCUT2D eigenvalue weighted by Gasteiger charge is 2.27. The molecule has 0 fully saturated rings. The topological polar surface area (TPSA) is 75.4 Å². The number of nitrogens with one attached hydrogen (secondary N) is 1. The summed E-state index contributed by atoms with van der Waals surface area (Å²) >= 11 is 0. The van der Waals surface area contributed by atoms with Crippen LogP contribution in [0.25, 0.3) is 10.9 Å². The van der Waals surface area contributed by atoms with Crippen LogP contribution in [0.5, 0.6) is 0 Å². The maximum Gasteiger partial charge on any atom is 0.252 e. The third-order valence-electron chi connectivity index (χ3n) is 3.54. The van der Waals surface area contributed by atoms with Crippen LogP contribution in [0.1, 0.15) is 23.0 Å². The minimum atomic E-state index is -1.26. The number of benzene rings is 1. The zero-order chi connectivity index (χ0) is 15.6. The van der Waals surface area contributed by atoms with E-state index in [0.717, 1.165) is 10.9 Å². The van der Waals surface area contributed by atoms with E-state index in [-0.39, 0.29) is 12.5 Å². The molecule has 0 saturated heterocycles. The molecule has 0 saturated carbocycles. The van der Waals surface area contributed by atoms with E-state index in [1.165, 1.54) is 6.26 Å². The van der Waals surface area contributed by atoms with Crippen LogP contribution in [0.15, 0.2) is 59.3 Å². The van der Waals surface area contributed by atoms with Crippen LogP contribution in [0.2, 0.25) is 0 Å². The second-order valence-corrected chi connectivity index (χ2v) is 5.31. The first-order chi connectivity index (χ1) is 10.6. The molecule has 2 heterocycles. The number of pyridine rings is 1. The average molecular weight is 296 g/mol. The number of hydrogen-bond donors (Lipinski definition) is 2. The Hall–Kier alpha value is -2.66. The van der Waals surface area contributed by atoms with Gasteiger partial charge >= 0.3 is 0 Å². The first-order valence-corrected chi connectivity index (χ1v) is 6.96. The van der Waals surface area contributed by atoms with Crippen LogP contribution >= 0.6 is 0 Å². The summed E-state index contributed by atoms with van der Waals surface area (Å²) in [7, 11) is 0. The second kappa shape index (κ2) is 5.61. The highest BCUT2D eigenvalue weighted by Crippen LogP contribution is 2.21. The van der Waals surface area contributed by atoms with Crippen molar-refractivity contribution >= 4 is 16.8 Å². The number of fused-ring (bicyclic) bond motifs is 1. The monoisotopic (exact) mass is 296 g/mol. The summed E-state index contributed by atoms with van der Waals surface area (Å²) in [5.41, 5.74) is 0.0240. The smallest absolute Gasteiger partial charge is 0.252 e. The second-order valence-electron chi connectivity index (χ2n) is 5.31. The molecule has 1 aromatic carbocycles. The fourth-order valence-electron chi connectivity index (χ4n) is 2.31. The third-order valence-corrected chi connectivity index (χ3v) is 3.54. The molecule has 0 aliphatic heterocycles. The van der Waals surface area contributed by atoms with Crippen molar-refractivity contribution in [1.29, 1.82) is 0 Å². The summed E-state index contributed by atoms with van der Waals surface area (Å²) < 4.78 is 5.20.